The topological polar surface area (TPSA) is 60.3 Å². The van der Waals surface area contributed by atoms with Gasteiger partial charge in [-0.2, -0.15) is 0 Å². The average Bonchev–Trinajstić information content (AvgIpc) is 2.95. The normalized spacial score (nSPS) is 10.4. The number of nitrogens with zero attached hydrogens (tertiary/aromatic N) is 1. The highest BCUT2D eigenvalue weighted by molar-refractivity contribution is 5.96. The molecule has 0 unspecified atom stereocenters. The quantitative estimate of drug-likeness (QED) is 0.712. The van der Waals surface area contributed by atoms with Crippen molar-refractivity contribution < 1.29 is 14.3 Å². The molecule has 1 amide bonds. The summed E-state index contributed by atoms with van der Waals surface area (Å²) in [7, 11) is 0. The molecule has 26 heavy (non-hydrogen) atoms. The van der Waals surface area contributed by atoms with Crippen molar-refractivity contribution in [3.8, 4) is 5.69 Å². The molecule has 5 heteroatoms. The van der Waals surface area contributed by atoms with Gasteiger partial charge in [-0.1, -0.05) is 36.4 Å². The second-order valence-electron chi connectivity index (χ2n) is 5.95. The summed E-state index contributed by atoms with van der Waals surface area (Å²) in [6, 6.07) is 20.6. The van der Waals surface area contributed by atoms with Gasteiger partial charge in [0.2, 0.25) is 0 Å². The van der Waals surface area contributed by atoms with Crippen molar-refractivity contribution in [2.45, 2.75) is 13.8 Å². The van der Waals surface area contributed by atoms with Crippen LogP contribution in [0.4, 0.5) is 5.69 Å². The number of benzene rings is 2. The number of para-hydroxylation sites is 2. The van der Waals surface area contributed by atoms with Gasteiger partial charge in [-0.3, -0.25) is 4.79 Å². The molecular weight excluding hydrogens is 328 g/mol. The van der Waals surface area contributed by atoms with Crippen LogP contribution in [-0.4, -0.2) is 23.1 Å². The van der Waals surface area contributed by atoms with Gasteiger partial charge in [0.25, 0.3) is 5.91 Å². The molecule has 1 N–H and O–H groups in total. The van der Waals surface area contributed by atoms with E-state index >= 15 is 0 Å². The number of esters is 1. The van der Waals surface area contributed by atoms with Crippen molar-refractivity contribution >= 4 is 17.6 Å². The molecule has 0 aliphatic rings. The molecule has 1 aromatic heterocycles. The van der Waals surface area contributed by atoms with Crippen LogP contribution in [0.1, 0.15) is 21.7 Å². The number of carbonyl (C=O) groups excluding carboxylic acids is 2. The number of hydrogen-bond donors (Lipinski definition) is 1. The van der Waals surface area contributed by atoms with E-state index in [1.54, 1.807) is 18.2 Å². The number of rotatable bonds is 5. The van der Waals surface area contributed by atoms with Gasteiger partial charge in [-0.15, -0.1) is 0 Å². The van der Waals surface area contributed by atoms with Gasteiger partial charge in [0.1, 0.15) is 0 Å². The number of carbonyl (C=O) groups is 2. The van der Waals surface area contributed by atoms with Crippen LogP contribution in [0.25, 0.3) is 5.69 Å². The molecule has 0 spiro atoms. The summed E-state index contributed by atoms with van der Waals surface area (Å²) in [5, 5.41) is 2.68. The molecule has 0 saturated carbocycles. The highest BCUT2D eigenvalue weighted by Gasteiger charge is 2.18. The van der Waals surface area contributed by atoms with Crippen molar-refractivity contribution in [1.29, 1.82) is 0 Å². The molecule has 1 heterocycles. The van der Waals surface area contributed by atoms with Gasteiger partial charge in [-0.05, 0) is 44.2 Å². The van der Waals surface area contributed by atoms with E-state index in [9.17, 15) is 9.59 Å². The third-order valence-electron chi connectivity index (χ3n) is 4.06. The van der Waals surface area contributed by atoms with E-state index in [-0.39, 0.29) is 12.5 Å². The fraction of sp³-hybridized carbons (Fsp3) is 0.143. The minimum atomic E-state index is -0.511. The fourth-order valence-corrected chi connectivity index (χ4v) is 2.87. The number of ether oxygens (including phenoxy) is 1. The number of hydrogen-bond acceptors (Lipinski definition) is 3. The van der Waals surface area contributed by atoms with Crippen LogP contribution in [0.2, 0.25) is 0 Å². The summed E-state index contributed by atoms with van der Waals surface area (Å²) in [5.41, 5.74) is 3.80. The molecule has 0 fully saturated rings. The summed E-state index contributed by atoms with van der Waals surface area (Å²) in [5.74, 6) is -0.884. The smallest absolute Gasteiger partial charge is 0.340 e. The molecule has 0 radical (unpaired) electrons. The monoisotopic (exact) mass is 348 g/mol. The van der Waals surface area contributed by atoms with Gasteiger partial charge >= 0.3 is 5.97 Å². The van der Waals surface area contributed by atoms with Crippen molar-refractivity contribution in [2.24, 2.45) is 0 Å². The molecule has 3 aromatic rings. The van der Waals surface area contributed by atoms with E-state index < -0.39 is 5.97 Å². The van der Waals surface area contributed by atoms with Crippen LogP contribution in [0, 0.1) is 13.8 Å². The summed E-state index contributed by atoms with van der Waals surface area (Å²) >= 11 is 0. The lowest BCUT2D eigenvalue weighted by molar-refractivity contribution is -0.119. The Morgan fingerprint density at radius 3 is 2.23 bits per heavy atom. The first-order chi connectivity index (χ1) is 12.6. The van der Waals surface area contributed by atoms with E-state index in [4.69, 9.17) is 4.74 Å². The highest BCUT2D eigenvalue weighted by atomic mass is 16.5. The Morgan fingerprint density at radius 2 is 1.58 bits per heavy atom. The van der Waals surface area contributed by atoms with Crippen LogP contribution >= 0.6 is 0 Å². The highest BCUT2D eigenvalue weighted by Crippen LogP contribution is 2.21. The van der Waals surface area contributed by atoms with Crippen LogP contribution in [0.15, 0.2) is 66.7 Å². The van der Waals surface area contributed by atoms with Crippen LogP contribution in [0.5, 0.6) is 0 Å². The number of nitrogens with one attached hydrogen (secondary N) is 1. The molecule has 3 rings (SSSR count). The first-order valence-electron chi connectivity index (χ1n) is 8.32. The predicted octanol–water partition coefficient (Wildman–Crippen LogP) is 3.89. The zero-order valence-electron chi connectivity index (χ0n) is 14.7. The zero-order chi connectivity index (χ0) is 18.5. The Morgan fingerprint density at radius 1 is 0.962 bits per heavy atom. The van der Waals surface area contributed by atoms with Gasteiger partial charge in [0, 0.05) is 22.8 Å². The lowest BCUT2D eigenvalue weighted by atomic mass is 10.2. The number of aryl methyl sites for hydroxylation is 1. The molecule has 5 nitrogen and oxygen atoms in total. The summed E-state index contributed by atoms with van der Waals surface area (Å²) < 4.78 is 7.17. The Balaban J connectivity index is 1.68. The Bertz CT molecular complexity index is 915. The first-order valence-corrected chi connectivity index (χ1v) is 8.32. The minimum Gasteiger partial charge on any atom is -0.452 e. The van der Waals surface area contributed by atoms with E-state index in [0.29, 0.717) is 11.3 Å². The van der Waals surface area contributed by atoms with E-state index in [2.05, 4.69) is 5.32 Å². The first kappa shape index (κ1) is 17.5. The maximum atomic E-state index is 12.4. The summed E-state index contributed by atoms with van der Waals surface area (Å²) in [4.78, 5) is 24.3. The Kier molecular flexibility index (Phi) is 5.17. The van der Waals surface area contributed by atoms with Crippen LogP contribution in [-0.2, 0) is 9.53 Å². The van der Waals surface area contributed by atoms with Crippen LogP contribution in [0.3, 0.4) is 0 Å². The molecule has 0 aliphatic carbocycles. The number of aromatic nitrogens is 1. The SMILES string of the molecule is Cc1cc(C(=O)OCC(=O)Nc2ccccc2)c(C)n1-c1ccccc1. The maximum absolute atomic E-state index is 12.4. The van der Waals surface area contributed by atoms with Crippen molar-refractivity contribution in [1.82, 2.24) is 4.57 Å². The molecule has 0 aliphatic heterocycles. The second kappa shape index (κ2) is 7.70. The van der Waals surface area contributed by atoms with E-state index in [1.165, 1.54) is 0 Å². The van der Waals surface area contributed by atoms with Crippen molar-refractivity contribution in [2.75, 3.05) is 11.9 Å². The van der Waals surface area contributed by atoms with Crippen molar-refractivity contribution in [3.05, 3.63) is 83.7 Å². The number of anilines is 1. The van der Waals surface area contributed by atoms with Crippen molar-refractivity contribution in [3.63, 3.8) is 0 Å². The van der Waals surface area contributed by atoms with Gasteiger partial charge in [-0.25, -0.2) is 4.79 Å². The Hall–Kier alpha value is -3.34. The lowest BCUT2D eigenvalue weighted by Gasteiger charge is -2.10. The third-order valence-corrected chi connectivity index (χ3v) is 4.06. The molecule has 0 atom stereocenters. The van der Waals surface area contributed by atoms with Gasteiger partial charge < -0.3 is 14.6 Å². The zero-order valence-corrected chi connectivity index (χ0v) is 14.7. The van der Waals surface area contributed by atoms with E-state index in [1.807, 2.05) is 66.9 Å². The summed E-state index contributed by atoms with van der Waals surface area (Å²) in [6.45, 7) is 3.46. The largest absolute Gasteiger partial charge is 0.452 e. The van der Waals surface area contributed by atoms with Gasteiger partial charge in [0.15, 0.2) is 6.61 Å². The third kappa shape index (κ3) is 3.83. The molecule has 0 saturated heterocycles. The average molecular weight is 348 g/mol. The molecule has 132 valence electrons. The maximum Gasteiger partial charge on any atom is 0.340 e. The number of amides is 1. The predicted molar refractivity (Wildman–Crippen MR) is 101 cm³/mol. The molecule has 0 bridgehead atoms. The lowest BCUT2D eigenvalue weighted by Crippen LogP contribution is -2.21. The molecular formula is C21H20N2O3. The fourth-order valence-electron chi connectivity index (χ4n) is 2.87. The minimum absolute atomic E-state index is 0.331. The summed E-state index contributed by atoms with van der Waals surface area (Å²) in [6.07, 6.45) is 0. The standard InChI is InChI=1S/C21H20N2O3/c1-15-13-19(16(2)23(15)18-11-7-4-8-12-18)21(25)26-14-20(24)22-17-9-5-3-6-10-17/h3-13H,14H2,1-2H3,(H,22,24). The van der Waals surface area contributed by atoms with Crippen LogP contribution < -0.4 is 5.32 Å². The Labute approximate surface area is 152 Å². The molecule has 2 aromatic carbocycles. The van der Waals surface area contributed by atoms with E-state index in [0.717, 1.165) is 17.1 Å². The second-order valence-corrected chi connectivity index (χ2v) is 5.95. The van der Waals surface area contributed by atoms with Gasteiger partial charge in [0.05, 0.1) is 5.56 Å².